The van der Waals surface area contributed by atoms with E-state index in [9.17, 15) is 4.79 Å². The van der Waals surface area contributed by atoms with Crippen molar-refractivity contribution in [2.24, 2.45) is 5.92 Å². The summed E-state index contributed by atoms with van der Waals surface area (Å²) in [5.41, 5.74) is 0.949. The van der Waals surface area contributed by atoms with Crippen LogP contribution in [0.4, 0.5) is 0 Å². The smallest absolute Gasteiger partial charge is 0.309 e. The quantitative estimate of drug-likeness (QED) is 0.511. The van der Waals surface area contributed by atoms with Gasteiger partial charge in [-0.3, -0.25) is 4.79 Å². The molecule has 1 aromatic carbocycles. The maximum absolute atomic E-state index is 12.0. The summed E-state index contributed by atoms with van der Waals surface area (Å²) in [7, 11) is 0. The molecule has 0 aliphatic heterocycles. The van der Waals surface area contributed by atoms with E-state index in [-0.39, 0.29) is 11.9 Å². The summed E-state index contributed by atoms with van der Waals surface area (Å²) in [5, 5.41) is 0.657. The summed E-state index contributed by atoms with van der Waals surface area (Å²) in [6.07, 6.45) is 1.21. The van der Waals surface area contributed by atoms with Crippen molar-refractivity contribution in [2.45, 2.75) is 26.7 Å². The Kier molecular flexibility index (Phi) is 8.19. The lowest BCUT2D eigenvalue weighted by atomic mass is 9.96. The minimum Gasteiger partial charge on any atom is -0.466 e. The molecule has 1 unspecified atom stereocenters. The first-order valence-corrected chi connectivity index (χ1v) is 7.93. The van der Waals surface area contributed by atoms with Crippen LogP contribution in [-0.2, 0) is 20.7 Å². The number of carbonyl (C=O) groups excluding carboxylic acids is 1. The fraction of sp³-hybridized carbons (Fsp3) is 0.533. The van der Waals surface area contributed by atoms with Crippen molar-refractivity contribution >= 4 is 33.5 Å². The van der Waals surface area contributed by atoms with Gasteiger partial charge < -0.3 is 9.47 Å². The van der Waals surface area contributed by atoms with Gasteiger partial charge in [0.2, 0.25) is 0 Å². The van der Waals surface area contributed by atoms with Gasteiger partial charge in [-0.2, -0.15) is 0 Å². The Morgan fingerprint density at radius 3 is 2.70 bits per heavy atom. The van der Waals surface area contributed by atoms with Crippen LogP contribution in [0, 0.1) is 5.92 Å². The van der Waals surface area contributed by atoms with Crippen LogP contribution in [-0.4, -0.2) is 25.8 Å². The molecule has 3 nitrogen and oxygen atoms in total. The van der Waals surface area contributed by atoms with Crippen LogP contribution >= 0.6 is 27.5 Å². The van der Waals surface area contributed by atoms with E-state index >= 15 is 0 Å². The molecule has 0 radical (unpaired) electrons. The summed E-state index contributed by atoms with van der Waals surface area (Å²) in [4.78, 5) is 12.0. The molecule has 0 aliphatic carbocycles. The van der Waals surface area contributed by atoms with Crippen LogP contribution < -0.4 is 0 Å². The fourth-order valence-electron chi connectivity index (χ4n) is 1.89. The Balaban J connectivity index is 2.74. The molecule has 0 spiro atoms. The zero-order chi connectivity index (χ0) is 15.0. The summed E-state index contributed by atoms with van der Waals surface area (Å²) in [5.74, 6) is -0.411. The Labute approximate surface area is 133 Å². The monoisotopic (exact) mass is 362 g/mol. The maximum Gasteiger partial charge on any atom is 0.309 e. The van der Waals surface area contributed by atoms with E-state index in [1.165, 1.54) is 0 Å². The Morgan fingerprint density at radius 1 is 1.35 bits per heavy atom. The normalized spacial score (nSPS) is 12.2. The number of esters is 1. The predicted molar refractivity (Wildman–Crippen MR) is 84.1 cm³/mol. The zero-order valence-electron chi connectivity index (χ0n) is 11.8. The third kappa shape index (κ3) is 5.81. The fourth-order valence-corrected chi connectivity index (χ4v) is 2.64. The SMILES string of the molecule is CCOCCC(Cc1ccc(Br)cc1Cl)C(=O)OCC. The second-order valence-electron chi connectivity index (χ2n) is 4.37. The van der Waals surface area contributed by atoms with E-state index in [2.05, 4.69) is 15.9 Å². The van der Waals surface area contributed by atoms with Gasteiger partial charge in [-0.05, 0) is 44.4 Å². The molecule has 5 heteroatoms. The molecule has 0 N–H and O–H groups in total. The summed E-state index contributed by atoms with van der Waals surface area (Å²) < 4.78 is 11.4. The highest BCUT2D eigenvalue weighted by Crippen LogP contribution is 2.25. The minimum absolute atomic E-state index is 0.189. The molecule has 0 amide bonds. The van der Waals surface area contributed by atoms with E-state index in [0.717, 1.165) is 10.0 Å². The Morgan fingerprint density at radius 2 is 2.10 bits per heavy atom. The number of hydrogen-bond acceptors (Lipinski definition) is 3. The summed E-state index contributed by atoms with van der Waals surface area (Å²) >= 11 is 9.57. The first-order chi connectivity index (χ1) is 9.58. The summed E-state index contributed by atoms with van der Waals surface area (Å²) in [6.45, 7) is 5.33. The lowest BCUT2D eigenvalue weighted by Gasteiger charge is -2.16. The maximum atomic E-state index is 12.0. The first kappa shape index (κ1) is 17.5. The second-order valence-corrected chi connectivity index (χ2v) is 5.70. The van der Waals surface area contributed by atoms with Gasteiger partial charge in [0.15, 0.2) is 0 Å². The molecule has 0 saturated heterocycles. The average molecular weight is 364 g/mol. The van der Waals surface area contributed by atoms with Gasteiger partial charge in [-0.25, -0.2) is 0 Å². The van der Waals surface area contributed by atoms with E-state index in [1.807, 2.05) is 32.0 Å². The van der Waals surface area contributed by atoms with Crippen molar-refractivity contribution in [3.05, 3.63) is 33.3 Å². The van der Waals surface area contributed by atoms with Crippen molar-refractivity contribution in [3.63, 3.8) is 0 Å². The van der Waals surface area contributed by atoms with Crippen LogP contribution in [0.25, 0.3) is 0 Å². The molecule has 0 bridgehead atoms. The number of hydrogen-bond donors (Lipinski definition) is 0. The van der Waals surface area contributed by atoms with Crippen LogP contribution in [0.5, 0.6) is 0 Å². The zero-order valence-corrected chi connectivity index (χ0v) is 14.2. The van der Waals surface area contributed by atoms with Gasteiger partial charge in [0.25, 0.3) is 0 Å². The van der Waals surface area contributed by atoms with Gasteiger partial charge in [0.1, 0.15) is 0 Å². The van der Waals surface area contributed by atoms with Crippen LogP contribution in [0.2, 0.25) is 5.02 Å². The highest BCUT2D eigenvalue weighted by molar-refractivity contribution is 9.10. The van der Waals surface area contributed by atoms with Gasteiger partial charge >= 0.3 is 5.97 Å². The second kappa shape index (κ2) is 9.37. The lowest BCUT2D eigenvalue weighted by Crippen LogP contribution is -2.22. The van der Waals surface area contributed by atoms with Crippen molar-refractivity contribution in [2.75, 3.05) is 19.8 Å². The number of ether oxygens (including phenoxy) is 2. The molecule has 112 valence electrons. The van der Waals surface area contributed by atoms with Crippen molar-refractivity contribution in [1.29, 1.82) is 0 Å². The van der Waals surface area contributed by atoms with E-state index < -0.39 is 0 Å². The van der Waals surface area contributed by atoms with E-state index in [4.69, 9.17) is 21.1 Å². The number of carbonyl (C=O) groups is 1. The lowest BCUT2D eigenvalue weighted by molar-refractivity contribution is -0.148. The molecule has 0 saturated carbocycles. The van der Waals surface area contributed by atoms with Crippen molar-refractivity contribution in [1.82, 2.24) is 0 Å². The van der Waals surface area contributed by atoms with Gasteiger partial charge in [0.05, 0.1) is 12.5 Å². The van der Waals surface area contributed by atoms with Gasteiger partial charge in [-0.1, -0.05) is 33.6 Å². The molecule has 0 aliphatic rings. The summed E-state index contributed by atoms with van der Waals surface area (Å²) in [6, 6.07) is 5.69. The van der Waals surface area contributed by atoms with Crippen LogP contribution in [0.3, 0.4) is 0 Å². The predicted octanol–water partition coefficient (Wildman–Crippen LogP) is 4.25. The average Bonchev–Trinajstić information content (AvgIpc) is 2.40. The first-order valence-electron chi connectivity index (χ1n) is 6.76. The molecule has 0 fully saturated rings. The molecule has 0 heterocycles. The molecular weight excluding hydrogens is 344 g/mol. The van der Waals surface area contributed by atoms with E-state index in [0.29, 0.717) is 37.7 Å². The molecular formula is C15H20BrClO3. The molecule has 0 aromatic heterocycles. The highest BCUT2D eigenvalue weighted by Gasteiger charge is 2.21. The van der Waals surface area contributed by atoms with Crippen LogP contribution in [0.1, 0.15) is 25.8 Å². The molecule has 1 atom stereocenters. The van der Waals surface area contributed by atoms with Gasteiger partial charge in [0, 0.05) is 22.7 Å². The Bertz CT molecular complexity index is 437. The topological polar surface area (TPSA) is 35.5 Å². The third-order valence-corrected chi connectivity index (χ3v) is 3.76. The minimum atomic E-state index is -0.222. The van der Waals surface area contributed by atoms with E-state index in [1.54, 1.807) is 0 Å². The third-order valence-electron chi connectivity index (χ3n) is 2.92. The molecule has 1 aromatic rings. The molecule has 20 heavy (non-hydrogen) atoms. The van der Waals surface area contributed by atoms with Crippen molar-refractivity contribution in [3.8, 4) is 0 Å². The van der Waals surface area contributed by atoms with Crippen molar-refractivity contribution < 1.29 is 14.3 Å². The Hall–Kier alpha value is -0.580. The highest BCUT2D eigenvalue weighted by atomic mass is 79.9. The van der Waals surface area contributed by atoms with Gasteiger partial charge in [-0.15, -0.1) is 0 Å². The van der Waals surface area contributed by atoms with Crippen LogP contribution in [0.15, 0.2) is 22.7 Å². The number of halogens is 2. The number of rotatable bonds is 8. The largest absolute Gasteiger partial charge is 0.466 e. The molecule has 1 rings (SSSR count). The number of benzene rings is 1. The standard InChI is InChI=1S/C15H20BrClO3/c1-3-19-8-7-12(15(18)20-4-2)9-11-5-6-13(16)10-14(11)17/h5-6,10,12H,3-4,7-9H2,1-2H3.